The highest BCUT2D eigenvalue weighted by Crippen LogP contribution is 2.43. The van der Waals surface area contributed by atoms with E-state index >= 15 is 0 Å². The Hall–Kier alpha value is -3.19. The summed E-state index contributed by atoms with van der Waals surface area (Å²) in [5.74, 6) is 0.661. The van der Waals surface area contributed by atoms with E-state index in [-0.39, 0.29) is 17.4 Å². The molecule has 1 saturated heterocycles. The first-order valence-corrected chi connectivity index (χ1v) is 10.9. The maximum absolute atomic E-state index is 12.8. The Balaban J connectivity index is 1.43. The number of carbonyl (C=O) groups is 1. The fourth-order valence-corrected chi connectivity index (χ4v) is 5.00. The van der Waals surface area contributed by atoms with E-state index in [1.165, 1.54) is 5.56 Å². The standard InChI is InChI=1S/C24H25N5O2/c1-13(2)31-19-6-4-15(9-27-19)18-7-17-14(8-26-18)3-5-16-20-22(29-21(16)17)24(10-25-11-24)12-28-23(20)30/h4,6-9,13,25,29H,3,5,10-12H2,1-2H3,(H,28,30). The minimum atomic E-state index is -0.00717. The molecule has 5 heterocycles. The zero-order valence-corrected chi connectivity index (χ0v) is 17.7. The molecule has 3 aromatic rings. The van der Waals surface area contributed by atoms with E-state index in [4.69, 9.17) is 9.72 Å². The van der Waals surface area contributed by atoms with Crippen LogP contribution in [0.25, 0.3) is 22.5 Å². The van der Waals surface area contributed by atoms with Crippen LogP contribution in [0.1, 0.15) is 41.0 Å². The Kier molecular flexibility index (Phi) is 3.99. The van der Waals surface area contributed by atoms with Crippen LogP contribution in [0, 0.1) is 0 Å². The Morgan fingerprint density at radius 1 is 1.10 bits per heavy atom. The number of aromatic nitrogens is 3. The van der Waals surface area contributed by atoms with Crippen LogP contribution in [0.2, 0.25) is 0 Å². The molecule has 0 bridgehead atoms. The van der Waals surface area contributed by atoms with E-state index in [0.29, 0.717) is 12.4 Å². The normalized spacial score (nSPS) is 18.1. The van der Waals surface area contributed by atoms with Crippen molar-refractivity contribution < 1.29 is 9.53 Å². The van der Waals surface area contributed by atoms with Crippen LogP contribution in [-0.2, 0) is 18.3 Å². The first-order chi connectivity index (χ1) is 15.0. The summed E-state index contributed by atoms with van der Waals surface area (Å²) >= 11 is 0. The molecule has 1 amide bonds. The quantitative estimate of drug-likeness (QED) is 0.612. The van der Waals surface area contributed by atoms with Gasteiger partial charge in [0.05, 0.1) is 28.5 Å². The third-order valence-electron chi connectivity index (χ3n) is 6.66. The number of fused-ring (bicyclic) bond motifs is 6. The number of ether oxygens (including phenoxy) is 1. The SMILES string of the molecule is CC(C)Oc1ccc(-c2cc3c(cn2)CCc2c-3[nH]c3c2C(=O)NCC32CNC2)cn1. The number of amides is 1. The number of hydrogen-bond donors (Lipinski definition) is 3. The molecule has 3 aliphatic rings. The van der Waals surface area contributed by atoms with Gasteiger partial charge in [-0.05, 0) is 49.9 Å². The van der Waals surface area contributed by atoms with Crippen molar-refractivity contribution >= 4 is 5.91 Å². The number of hydrogen-bond acceptors (Lipinski definition) is 5. The van der Waals surface area contributed by atoms with Crippen LogP contribution in [0.15, 0.2) is 30.6 Å². The predicted molar refractivity (Wildman–Crippen MR) is 117 cm³/mol. The van der Waals surface area contributed by atoms with Gasteiger partial charge in [0.15, 0.2) is 0 Å². The van der Waals surface area contributed by atoms with Crippen molar-refractivity contribution in [3.05, 3.63) is 53.0 Å². The third kappa shape index (κ3) is 2.80. The molecule has 7 heteroatoms. The molecule has 3 N–H and O–H groups in total. The molecule has 31 heavy (non-hydrogen) atoms. The van der Waals surface area contributed by atoms with Crippen LogP contribution < -0.4 is 15.4 Å². The van der Waals surface area contributed by atoms with Gasteiger partial charge in [0.2, 0.25) is 5.88 Å². The molecular formula is C24H25N5O2. The summed E-state index contributed by atoms with van der Waals surface area (Å²) in [4.78, 5) is 25.6. The second kappa shape index (κ2) is 6.65. The summed E-state index contributed by atoms with van der Waals surface area (Å²) in [6.07, 6.45) is 5.60. The molecular weight excluding hydrogens is 390 g/mol. The zero-order valence-electron chi connectivity index (χ0n) is 17.7. The lowest BCUT2D eigenvalue weighted by molar-refractivity contribution is 0.0905. The average Bonchev–Trinajstić information content (AvgIpc) is 3.14. The number of nitrogens with zero attached hydrogens (tertiary/aromatic N) is 2. The first kappa shape index (κ1) is 18.6. The molecule has 2 aliphatic heterocycles. The Labute approximate surface area is 180 Å². The number of nitrogens with one attached hydrogen (secondary N) is 3. The fourth-order valence-electron chi connectivity index (χ4n) is 5.00. The van der Waals surface area contributed by atoms with Crippen LogP contribution in [0.4, 0.5) is 0 Å². The Morgan fingerprint density at radius 3 is 2.68 bits per heavy atom. The monoisotopic (exact) mass is 415 g/mol. The molecule has 3 aromatic heterocycles. The highest BCUT2D eigenvalue weighted by molar-refractivity contribution is 6.01. The highest BCUT2D eigenvalue weighted by Gasteiger charge is 2.47. The molecule has 0 radical (unpaired) electrons. The van der Waals surface area contributed by atoms with E-state index < -0.39 is 0 Å². The molecule has 1 spiro atoms. The van der Waals surface area contributed by atoms with Crippen LogP contribution in [-0.4, -0.2) is 46.6 Å². The predicted octanol–water partition coefficient (Wildman–Crippen LogP) is 2.61. The number of carbonyl (C=O) groups excluding carboxylic acids is 1. The smallest absolute Gasteiger partial charge is 0.253 e. The lowest BCUT2D eigenvalue weighted by Crippen LogP contribution is -2.64. The molecule has 0 atom stereocenters. The maximum atomic E-state index is 12.8. The summed E-state index contributed by atoms with van der Waals surface area (Å²) < 4.78 is 5.65. The average molecular weight is 415 g/mol. The second-order valence-electron chi connectivity index (χ2n) is 9.07. The van der Waals surface area contributed by atoms with Crippen molar-refractivity contribution in [1.29, 1.82) is 0 Å². The molecule has 1 fully saturated rings. The zero-order chi connectivity index (χ0) is 21.2. The van der Waals surface area contributed by atoms with E-state index in [0.717, 1.165) is 65.3 Å². The van der Waals surface area contributed by atoms with E-state index in [2.05, 4.69) is 26.7 Å². The van der Waals surface area contributed by atoms with Gasteiger partial charge >= 0.3 is 0 Å². The fraction of sp³-hybridized carbons (Fsp3) is 0.375. The van der Waals surface area contributed by atoms with E-state index in [1.807, 2.05) is 32.2 Å². The Bertz CT molecular complexity index is 1190. The summed E-state index contributed by atoms with van der Waals surface area (Å²) in [6.45, 7) is 6.45. The number of H-pyrrole nitrogens is 1. The molecule has 7 nitrogen and oxygen atoms in total. The van der Waals surface area contributed by atoms with Gasteiger partial charge < -0.3 is 20.4 Å². The van der Waals surface area contributed by atoms with E-state index in [9.17, 15) is 4.79 Å². The van der Waals surface area contributed by atoms with Crippen molar-refractivity contribution in [3.8, 4) is 28.4 Å². The molecule has 0 unspecified atom stereocenters. The Morgan fingerprint density at radius 2 is 1.97 bits per heavy atom. The van der Waals surface area contributed by atoms with Gasteiger partial charge in [-0.1, -0.05) is 0 Å². The molecule has 1 aliphatic carbocycles. The van der Waals surface area contributed by atoms with Gasteiger partial charge in [0, 0.05) is 54.9 Å². The van der Waals surface area contributed by atoms with Crippen molar-refractivity contribution in [2.45, 2.75) is 38.2 Å². The van der Waals surface area contributed by atoms with Gasteiger partial charge in [0.25, 0.3) is 5.91 Å². The van der Waals surface area contributed by atoms with Crippen LogP contribution >= 0.6 is 0 Å². The molecule has 158 valence electrons. The number of pyridine rings is 2. The third-order valence-corrected chi connectivity index (χ3v) is 6.66. The first-order valence-electron chi connectivity index (χ1n) is 10.9. The van der Waals surface area contributed by atoms with Gasteiger partial charge in [-0.15, -0.1) is 0 Å². The molecule has 0 aromatic carbocycles. The van der Waals surface area contributed by atoms with Crippen LogP contribution in [0.5, 0.6) is 5.88 Å². The summed E-state index contributed by atoms with van der Waals surface area (Å²) in [5, 5.41) is 6.49. The second-order valence-corrected chi connectivity index (χ2v) is 9.07. The number of rotatable bonds is 3. The minimum Gasteiger partial charge on any atom is -0.475 e. The summed E-state index contributed by atoms with van der Waals surface area (Å²) in [6, 6.07) is 6.00. The number of aromatic amines is 1. The summed E-state index contributed by atoms with van der Waals surface area (Å²) in [5.41, 5.74) is 8.33. The lowest BCUT2D eigenvalue weighted by Gasteiger charge is -2.45. The molecule has 0 saturated carbocycles. The van der Waals surface area contributed by atoms with Gasteiger partial charge in [-0.3, -0.25) is 9.78 Å². The largest absolute Gasteiger partial charge is 0.475 e. The highest BCUT2D eigenvalue weighted by atomic mass is 16.5. The summed E-state index contributed by atoms with van der Waals surface area (Å²) in [7, 11) is 0. The minimum absolute atomic E-state index is 0.00717. The van der Waals surface area contributed by atoms with Crippen molar-refractivity contribution in [2.75, 3.05) is 19.6 Å². The number of aryl methyl sites for hydroxylation is 1. The van der Waals surface area contributed by atoms with Crippen molar-refractivity contribution in [2.24, 2.45) is 0 Å². The van der Waals surface area contributed by atoms with Gasteiger partial charge in [0.1, 0.15) is 0 Å². The lowest BCUT2D eigenvalue weighted by atomic mass is 9.74. The van der Waals surface area contributed by atoms with E-state index in [1.54, 1.807) is 6.20 Å². The van der Waals surface area contributed by atoms with Crippen LogP contribution in [0.3, 0.4) is 0 Å². The van der Waals surface area contributed by atoms with Gasteiger partial charge in [-0.2, -0.15) is 0 Å². The maximum Gasteiger partial charge on any atom is 0.253 e. The molecule has 6 rings (SSSR count). The van der Waals surface area contributed by atoms with Gasteiger partial charge in [-0.25, -0.2) is 4.98 Å². The topological polar surface area (TPSA) is 91.9 Å². The van der Waals surface area contributed by atoms with Crippen molar-refractivity contribution in [3.63, 3.8) is 0 Å². The van der Waals surface area contributed by atoms with Crippen molar-refractivity contribution in [1.82, 2.24) is 25.6 Å².